The average Bonchev–Trinajstić information content (AvgIpc) is 2.95. The number of benzene rings is 2. The maximum absolute atomic E-state index is 9.72. The highest BCUT2D eigenvalue weighted by Gasteiger charge is 2.16. The summed E-state index contributed by atoms with van der Waals surface area (Å²) < 4.78 is 5.26. The minimum atomic E-state index is -0.674. The number of hydrogen-bond donors (Lipinski definition) is 1. The molecule has 1 heterocycles. The molecule has 3 aromatic rings. The first kappa shape index (κ1) is 11.9. The molecule has 0 saturated heterocycles. The number of aliphatic hydroxyl groups excluding tert-OH is 1. The topological polar surface area (TPSA) is 59.2 Å². The van der Waals surface area contributed by atoms with Gasteiger partial charge < -0.3 is 9.63 Å². The summed E-state index contributed by atoms with van der Waals surface area (Å²) in [6.45, 7) is 1.87. The van der Waals surface area contributed by atoms with Crippen molar-refractivity contribution in [2.24, 2.45) is 0 Å². The van der Waals surface area contributed by atoms with Crippen molar-refractivity contribution in [2.75, 3.05) is 0 Å². The van der Waals surface area contributed by atoms with Crippen molar-refractivity contribution >= 4 is 10.8 Å². The van der Waals surface area contributed by atoms with E-state index in [-0.39, 0.29) is 0 Å². The van der Waals surface area contributed by atoms with E-state index >= 15 is 0 Å². The molecule has 4 nitrogen and oxygen atoms in total. The predicted octanol–water partition coefficient (Wildman–Crippen LogP) is 3.33. The molecule has 0 radical (unpaired) electrons. The van der Waals surface area contributed by atoms with Crippen molar-refractivity contribution in [3.63, 3.8) is 0 Å². The van der Waals surface area contributed by atoms with Gasteiger partial charge in [0, 0.05) is 5.56 Å². The molecule has 1 atom stereocenters. The van der Waals surface area contributed by atoms with Crippen molar-refractivity contribution in [3.05, 3.63) is 48.3 Å². The number of aromatic nitrogens is 2. The van der Waals surface area contributed by atoms with Crippen molar-refractivity contribution in [1.29, 1.82) is 0 Å². The van der Waals surface area contributed by atoms with Crippen molar-refractivity contribution in [3.8, 4) is 11.5 Å². The second-order valence-corrected chi connectivity index (χ2v) is 4.41. The lowest BCUT2D eigenvalue weighted by Crippen LogP contribution is -1.97. The maximum atomic E-state index is 9.72. The summed E-state index contributed by atoms with van der Waals surface area (Å²) in [4.78, 5) is 4.27. The summed E-state index contributed by atoms with van der Waals surface area (Å²) in [6, 6.07) is 14.0. The average molecular weight is 254 g/mol. The molecule has 3 rings (SSSR count). The van der Waals surface area contributed by atoms with E-state index in [2.05, 4.69) is 10.1 Å². The molecule has 19 heavy (non-hydrogen) atoms. The van der Waals surface area contributed by atoms with E-state index in [1.54, 1.807) is 0 Å². The summed E-state index contributed by atoms with van der Waals surface area (Å²) in [6.07, 6.45) is -0.110. The standard InChI is InChI=1S/C15H14N2O2/c1-2-13(18)14-16-15(19-17-14)12-9-5-7-10-6-3-4-8-11(10)12/h3-9,13,18H,2H2,1H3. The lowest BCUT2D eigenvalue weighted by molar-refractivity contribution is 0.159. The Morgan fingerprint density at radius 2 is 1.95 bits per heavy atom. The van der Waals surface area contributed by atoms with E-state index in [1.165, 1.54) is 0 Å². The second-order valence-electron chi connectivity index (χ2n) is 4.41. The lowest BCUT2D eigenvalue weighted by Gasteiger charge is -2.01. The van der Waals surface area contributed by atoms with Gasteiger partial charge in [0.2, 0.25) is 5.82 Å². The monoisotopic (exact) mass is 254 g/mol. The van der Waals surface area contributed by atoms with Crippen LogP contribution in [-0.2, 0) is 0 Å². The maximum Gasteiger partial charge on any atom is 0.258 e. The zero-order valence-corrected chi connectivity index (χ0v) is 10.6. The van der Waals surface area contributed by atoms with Crippen LogP contribution in [0.1, 0.15) is 25.3 Å². The fourth-order valence-corrected chi connectivity index (χ4v) is 2.07. The Hall–Kier alpha value is -2.20. The van der Waals surface area contributed by atoms with Crippen LogP contribution in [-0.4, -0.2) is 15.2 Å². The molecule has 1 N–H and O–H groups in total. The van der Waals surface area contributed by atoms with E-state index in [1.807, 2.05) is 49.4 Å². The molecule has 1 unspecified atom stereocenters. The van der Waals surface area contributed by atoms with Crippen LogP contribution >= 0.6 is 0 Å². The lowest BCUT2D eigenvalue weighted by atomic mass is 10.0. The minimum Gasteiger partial charge on any atom is -0.385 e. The third-order valence-electron chi connectivity index (χ3n) is 3.15. The van der Waals surface area contributed by atoms with Gasteiger partial charge in [-0.3, -0.25) is 0 Å². The minimum absolute atomic E-state index is 0.338. The van der Waals surface area contributed by atoms with Crippen LogP contribution in [0.2, 0.25) is 0 Å². The largest absolute Gasteiger partial charge is 0.385 e. The molecule has 96 valence electrons. The summed E-state index contributed by atoms with van der Waals surface area (Å²) in [5, 5.41) is 15.7. The summed E-state index contributed by atoms with van der Waals surface area (Å²) >= 11 is 0. The Morgan fingerprint density at radius 3 is 2.79 bits per heavy atom. The molecule has 0 spiro atoms. The van der Waals surface area contributed by atoms with Crippen LogP contribution in [0.3, 0.4) is 0 Å². The van der Waals surface area contributed by atoms with Gasteiger partial charge in [0.05, 0.1) is 0 Å². The van der Waals surface area contributed by atoms with Crippen LogP contribution in [0, 0.1) is 0 Å². The highest BCUT2D eigenvalue weighted by atomic mass is 16.5. The first-order valence-electron chi connectivity index (χ1n) is 6.29. The Labute approximate surface area is 110 Å². The zero-order chi connectivity index (χ0) is 13.2. The fraction of sp³-hybridized carbons (Fsp3) is 0.200. The van der Waals surface area contributed by atoms with Crippen LogP contribution in [0.15, 0.2) is 47.0 Å². The van der Waals surface area contributed by atoms with Gasteiger partial charge in [-0.05, 0) is 23.3 Å². The van der Waals surface area contributed by atoms with Gasteiger partial charge in [-0.2, -0.15) is 4.98 Å². The van der Waals surface area contributed by atoms with Gasteiger partial charge in [0.15, 0.2) is 0 Å². The van der Waals surface area contributed by atoms with Gasteiger partial charge in [0.1, 0.15) is 6.10 Å². The third kappa shape index (κ3) is 2.11. The summed E-state index contributed by atoms with van der Waals surface area (Å²) in [5.41, 5.74) is 0.889. The smallest absolute Gasteiger partial charge is 0.258 e. The quantitative estimate of drug-likeness (QED) is 0.778. The molecule has 0 aliphatic heterocycles. The van der Waals surface area contributed by atoms with Gasteiger partial charge in [-0.25, -0.2) is 0 Å². The highest BCUT2D eigenvalue weighted by molar-refractivity contribution is 5.94. The van der Waals surface area contributed by atoms with Crippen LogP contribution < -0.4 is 0 Å². The van der Waals surface area contributed by atoms with Crippen LogP contribution in [0.4, 0.5) is 0 Å². The summed E-state index contributed by atoms with van der Waals surface area (Å²) in [7, 11) is 0. The Bertz CT molecular complexity index is 701. The summed E-state index contributed by atoms with van der Waals surface area (Å²) in [5.74, 6) is 0.782. The molecule has 2 aromatic carbocycles. The van der Waals surface area contributed by atoms with Crippen molar-refractivity contribution < 1.29 is 9.63 Å². The van der Waals surface area contributed by atoms with E-state index in [0.29, 0.717) is 18.1 Å². The number of rotatable bonds is 3. The second kappa shape index (κ2) is 4.82. The Balaban J connectivity index is 2.12. The number of fused-ring (bicyclic) bond motifs is 1. The van der Waals surface area contributed by atoms with Crippen molar-refractivity contribution in [1.82, 2.24) is 10.1 Å². The van der Waals surface area contributed by atoms with Crippen LogP contribution in [0.25, 0.3) is 22.2 Å². The van der Waals surface area contributed by atoms with Gasteiger partial charge in [-0.15, -0.1) is 0 Å². The van der Waals surface area contributed by atoms with E-state index < -0.39 is 6.10 Å². The molecule has 0 amide bonds. The molecule has 0 bridgehead atoms. The normalized spacial score (nSPS) is 12.7. The molecule has 1 aromatic heterocycles. The molecule has 0 aliphatic carbocycles. The Morgan fingerprint density at radius 1 is 1.16 bits per heavy atom. The van der Waals surface area contributed by atoms with Gasteiger partial charge in [-0.1, -0.05) is 48.5 Å². The molecule has 0 saturated carbocycles. The molecule has 4 heteroatoms. The van der Waals surface area contributed by atoms with Crippen molar-refractivity contribution in [2.45, 2.75) is 19.4 Å². The van der Waals surface area contributed by atoms with E-state index in [9.17, 15) is 5.11 Å². The highest BCUT2D eigenvalue weighted by Crippen LogP contribution is 2.28. The molecular formula is C15H14N2O2. The van der Waals surface area contributed by atoms with E-state index in [0.717, 1.165) is 16.3 Å². The molecule has 0 fully saturated rings. The van der Waals surface area contributed by atoms with Crippen LogP contribution in [0.5, 0.6) is 0 Å². The molecular weight excluding hydrogens is 240 g/mol. The first-order chi connectivity index (χ1) is 9.29. The number of hydrogen-bond acceptors (Lipinski definition) is 4. The Kier molecular flexibility index (Phi) is 3.01. The van der Waals surface area contributed by atoms with E-state index in [4.69, 9.17) is 4.52 Å². The fourth-order valence-electron chi connectivity index (χ4n) is 2.07. The predicted molar refractivity (Wildman–Crippen MR) is 72.5 cm³/mol. The third-order valence-corrected chi connectivity index (χ3v) is 3.15. The molecule has 0 aliphatic rings. The number of nitrogens with zero attached hydrogens (tertiary/aromatic N) is 2. The SMILES string of the molecule is CCC(O)c1noc(-c2cccc3ccccc23)n1. The number of aliphatic hydroxyl groups is 1. The zero-order valence-electron chi connectivity index (χ0n) is 10.6. The van der Waals surface area contributed by atoms with Gasteiger partial charge >= 0.3 is 0 Å². The first-order valence-corrected chi connectivity index (χ1v) is 6.29. The van der Waals surface area contributed by atoms with Gasteiger partial charge in [0.25, 0.3) is 5.89 Å².